The Hall–Kier alpha value is -4.42. The minimum atomic E-state index is -4.27. The summed E-state index contributed by atoms with van der Waals surface area (Å²) in [6.07, 6.45) is 0. The second kappa shape index (κ2) is 10.5. The van der Waals surface area contributed by atoms with Gasteiger partial charge in [-0.15, -0.1) is 4.40 Å². The standard InChI is InChI=1S/C26H23F2N5O4S/c1-33(2)14-22(29)32-38(36,37)19-7-5-6-15(12-19)24(34)23(25(35)16-10-17(27)13-18(28)11-16)26-30-20-8-3-4-9-21(20)31-26/h3-13,35H,14H2,1-2H3,(H2,29,32)(H,30,31). The maximum atomic E-state index is 13.9. The van der Waals surface area contributed by atoms with Gasteiger partial charge in [-0.2, -0.15) is 8.42 Å². The van der Waals surface area contributed by atoms with Crippen LogP contribution < -0.4 is 5.73 Å². The number of H-pyrrole nitrogens is 1. The lowest BCUT2D eigenvalue weighted by Gasteiger charge is -2.11. The smallest absolute Gasteiger partial charge is 0.283 e. The second-order valence-electron chi connectivity index (χ2n) is 8.64. The Morgan fingerprint density at radius 2 is 1.71 bits per heavy atom. The molecular formula is C26H23F2N5O4S. The Labute approximate surface area is 217 Å². The summed E-state index contributed by atoms with van der Waals surface area (Å²) in [5.41, 5.74) is 5.86. The molecule has 1 heterocycles. The van der Waals surface area contributed by atoms with Gasteiger partial charge >= 0.3 is 0 Å². The SMILES string of the molecule is CN(C)CC(N)=NS(=O)(=O)c1cccc(C(=O)C(=C(O)c2cc(F)cc(F)c2)c2nc3ccccc3[nH]2)c1. The van der Waals surface area contributed by atoms with Crippen molar-refractivity contribution in [2.24, 2.45) is 10.1 Å². The molecule has 0 aliphatic rings. The van der Waals surface area contributed by atoms with E-state index in [1.807, 2.05) is 0 Å². The quantitative estimate of drug-likeness (QED) is 0.102. The predicted octanol–water partition coefficient (Wildman–Crippen LogP) is 3.76. The molecule has 0 saturated heterocycles. The number of fused-ring (bicyclic) bond motifs is 1. The summed E-state index contributed by atoms with van der Waals surface area (Å²) >= 11 is 0. The van der Waals surface area contributed by atoms with Crippen LogP contribution in [0.15, 0.2) is 76.0 Å². The van der Waals surface area contributed by atoms with Crippen LogP contribution in [-0.2, 0) is 10.0 Å². The summed E-state index contributed by atoms with van der Waals surface area (Å²) in [6, 6.07) is 14.1. The zero-order valence-electron chi connectivity index (χ0n) is 20.3. The first-order chi connectivity index (χ1) is 17.9. The van der Waals surface area contributed by atoms with Crippen molar-refractivity contribution < 1.29 is 27.1 Å². The number of allylic oxidation sites excluding steroid dienone is 1. The number of carbonyl (C=O) groups is 1. The average Bonchev–Trinajstić information content (AvgIpc) is 3.26. The third-order valence-corrected chi connectivity index (χ3v) is 6.66. The minimum absolute atomic E-state index is 0.0834. The first-order valence-corrected chi connectivity index (χ1v) is 12.6. The van der Waals surface area contributed by atoms with E-state index in [9.17, 15) is 27.1 Å². The highest BCUT2D eigenvalue weighted by Gasteiger charge is 2.26. The highest BCUT2D eigenvalue weighted by Crippen LogP contribution is 2.29. The molecule has 3 aromatic carbocycles. The number of imidazole rings is 1. The summed E-state index contributed by atoms with van der Waals surface area (Å²) in [4.78, 5) is 22.3. The lowest BCUT2D eigenvalue weighted by Crippen LogP contribution is -2.29. The van der Waals surface area contributed by atoms with E-state index in [2.05, 4.69) is 14.4 Å². The molecule has 4 N–H and O–H groups in total. The summed E-state index contributed by atoms with van der Waals surface area (Å²) in [6.45, 7) is 0.0921. The molecule has 1 aromatic heterocycles. The van der Waals surface area contributed by atoms with E-state index >= 15 is 0 Å². The van der Waals surface area contributed by atoms with Crippen molar-refractivity contribution >= 4 is 44.0 Å². The van der Waals surface area contributed by atoms with Crippen molar-refractivity contribution in [3.05, 3.63) is 95.3 Å². The van der Waals surface area contributed by atoms with Gasteiger partial charge in [0.25, 0.3) is 10.0 Å². The second-order valence-corrected chi connectivity index (χ2v) is 10.2. The van der Waals surface area contributed by atoms with E-state index in [0.717, 1.165) is 18.2 Å². The number of carbonyl (C=O) groups excluding carboxylic acids is 1. The molecule has 4 aromatic rings. The van der Waals surface area contributed by atoms with Crippen LogP contribution in [0.5, 0.6) is 0 Å². The van der Waals surface area contributed by atoms with Crippen molar-refractivity contribution in [2.75, 3.05) is 20.6 Å². The fourth-order valence-corrected chi connectivity index (χ4v) is 4.73. The van der Waals surface area contributed by atoms with E-state index in [-0.39, 0.29) is 34.2 Å². The lowest BCUT2D eigenvalue weighted by molar-refractivity contribution is 0.105. The number of hydrogen-bond acceptors (Lipinski definition) is 6. The minimum Gasteiger partial charge on any atom is -0.506 e. The third kappa shape index (κ3) is 5.76. The number of para-hydroxylation sites is 2. The average molecular weight is 540 g/mol. The monoisotopic (exact) mass is 539 g/mol. The van der Waals surface area contributed by atoms with Crippen LogP contribution in [0, 0.1) is 11.6 Å². The maximum Gasteiger partial charge on any atom is 0.283 e. The van der Waals surface area contributed by atoms with Gasteiger partial charge in [-0.1, -0.05) is 24.3 Å². The molecule has 12 heteroatoms. The highest BCUT2D eigenvalue weighted by molar-refractivity contribution is 7.90. The topological polar surface area (TPSA) is 142 Å². The van der Waals surface area contributed by atoms with Crippen molar-refractivity contribution in [2.45, 2.75) is 4.90 Å². The number of sulfonamides is 1. The van der Waals surface area contributed by atoms with E-state index in [4.69, 9.17) is 5.73 Å². The van der Waals surface area contributed by atoms with Crippen LogP contribution in [0.1, 0.15) is 21.7 Å². The van der Waals surface area contributed by atoms with Crippen LogP contribution >= 0.6 is 0 Å². The highest BCUT2D eigenvalue weighted by atomic mass is 32.2. The van der Waals surface area contributed by atoms with Crippen molar-refractivity contribution in [1.29, 1.82) is 0 Å². The predicted molar refractivity (Wildman–Crippen MR) is 140 cm³/mol. The Kier molecular flexibility index (Phi) is 7.37. The zero-order valence-corrected chi connectivity index (χ0v) is 21.1. The molecule has 0 aliphatic carbocycles. The Morgan fingerprint density at radius 1 is 1.03 bits per heavy atom. The molecule has 0 radical (unpaired) electrons. The Bertz CT molecular complexity index is 1660. The number of rotatable bonds is 8. The zero-order chi connectivity index (χ0) is 27.6. The molecular weight excluding hydrogens is 516 g/mol. The number of aromatic amines is 1. The number of halogens is 2. The first-order valence-electron chi connectivity index (χ1n) is 11.2. The number of nitrogens with one attached hydrogen (secondary N) is 1. The molecule has 196 valence electrons. The number of aromatic nitrogens is 2. The number of benzene rings is 3. The lowest BCUT2D eigenvalue weighted by atomic mass is 9.98. The molecule has 0 atom stereocenters. The molecule has 9 nitrogen and oxygen atoms in total. The number of amidine groups is 1. The van der Waals surface area contributed by atoms with Crippen LogP contribution in [0.4, 0.5) is 8.78 Å². The molecule has 0 bridgehead atoms. The van der Waals surface area contributed by atoms with Crippen molar-refractivity contribution in [3.8, 4) is 0 Å². The summed E-state index contributed by atoms with van der Waals surface area (Å²) < 4.78 is 57.1. The van der Waals surface area contributed by atoms with Gasteiger partial charge < -0.3 is 20.7 Å². The number of nitrogens with two attached hydrogens (primary N) is 1. The number of ketones is 1. The number of aliphatic hydroxyl groups excluding tert-OH is 1. The van der Waals surface area contributed by atoms with Gasteiger partial charge in [-0.25, -0.2) is 13.8 Å². The Morgan fingerprint density at radius 3 is 2.37 bits per heavy atom. The number of aliphatic hydroxyl groups is 1. The number of likely N-dealkylation sites (N-methyl/N-ethyl adjacent to an activating group) is 1. The van der Waals surface area contributed by atoms with Crippen LogP contribution in [0.3, 0.4) is 0 Å². The van der Waals surface area contributed by atoms with E-state index in [1.54, 1.807) is 43.3 Å². The van der Waals surface area contributed by atoms with E-state index in [1.165, 1.54) is 18.2 Å². The van der Waals surface area contributed by atoms with Gasteiger partial charge in [-0.3, -0.25) is 4.79 Å². The summed E-state index contributed by atoms with van der Waals surface area (Å²) in [5, 5.41) is 11.1. The molecule has 0 amide bonds. The maximum absolute atomic E-state index is 13.9. The van der Waals surface area contributed by atoms with Gasteiger partial charge in [0, 0.05) is 17.2 Å². The summed E-state index contributed by atoms with van der Waals surface area (Å²) in [5.74, 6) is -3.78. The van der Waals surface area contributed by atoms with Crippen molar-refractivity contribution in [3.63, 3.8) is 0 Å². The van der Waals surface area contributed by atoms with Crippen LogP contribution in [-0.4, -0.2) is 60.7 Å². The van der Waals surface area contributed by atoms with Gasteiger partial charge in [0.05, 0.1) is 22.5 Å². The Balaban J connectivity index is 1.87. The number of Topliss-reactive ketones (excluding diaryl/α,β-unsaturated/α-hetero) is 1. The molecule has 0 spiro atoms. The molecule has 0 aliphatic heterocycles. The number of hydrogen-bond donors (Lipinski definition) is 3. The molecule has 4 rings (SSSR count). The van der Waals surface area contributed by atoms with E-state index in [0.29, 0.717) is 17.1 Å². The van der Waals surface area contributed by atoms with Gasteiger partial charge in [0.15, 0.2) is 0 Å². The van der Waals surface area contributed by atoms with Crippen LogP contribution in [0.25, 0.3) is 22.4 Å². The summed E-state index contributed by atoms with van der Waals surface area (Å²) in [7, 11) is -0.889. The fourth-order valence-electron chi connectivity index (χ4n) is 3.74. The molecule has 38 heavy (non-hydrogen) atoms. The largest absolute Gasteiger partial charge is 0.506 e. The molecule has 0 saturated carbocycles. The van der Waals surface area contributed by atoms with Gasteiger partial charge in [-0.05, 0) is 50.5 Å². The van der Waals surface area contributed by atoms with Crippen molar-refractivity contribution in [1.82, 2.24) is 14.9 Å². The first kappa shape index (κ1) is 26.6. The van der Waals surface area contributed by atoms with Gasteiger partial charge in [0.1, 0.15) is 34.6 Å². The molecule has 0 unspecified atom stereocenters. The van der Waals surface area contributed by atoms with Crippen LogP contribution in [0.2, 0.25) is 0 Å². The fraction of sp³-hybridized carbons (Fsp3) is 0.115. The van der Waals surface area contributed by atoms with Gasteiger partial charge in [0.2, 0.25) is 5.78 Å². The molecule has 0 fully saturated rings. The normalized spacial score (nSPS) is 13.1. The van der Waals surface area contributed by atoms with E-state index < -0.39 is 38.8 Å². The third-order valence-electron chi connectivity index (χ3n) is 5.34. The number of nitrogens with zero attached hydrogens (tertiary/aromatic N) is 3.